The van der Waals surface area contributed by atoms with Crippen LogP contribution < -0.4 is 5.32 Å². The Hall–Kier alpha value is -1.34. The maximum absolute atomic E-state index is 3.93. The van der Waals surface area contributed by atoms with Crippen molar-refractivity contribution in [2.75, 3.05) is 0 Å². The lowest BCUT2D eigenvalue weighted by molar-refractivity contribution is 0.410. The third kappa shape index (κ3) is 31.0. The van der Waals surface area contributed by atoms with Gasteiger partial charge in [0.1, 0.15) is 0 Å². The highest BCUT2D eigenvalue weighted by atomic mass is 14.9. The SMILES string of the molecule is CCCCCCCCC=CCCCCCCCCC(CCCCCCCCC=CCCCCCCCC)NCc1ccccc1. The van der Waals surface area contributed by atoms with Gasteiger partial charge in [-0.15, -0.1) is 0 Å². The van der Waals surface area contributed by atoms with E-state index in [9.17, 15) is 0 Å². The zero-order valence-electron chi connectivity index (χ0n) is 30.7. The average molecular weight is 622 g/mol. The molecule has 0 aliphatic rings. The van der Waals surface area contributed by atoms with Crippen LogP contribution in [0.3, 0.4) is 0 Å². The maximum atomic E-state index is 3.93. The molecule has 0 aliphatic carbocycles. The molecule has 1 heteroatoms. The van der Waals surface area contributed by atoms with E-state index in [1.165, 1.54) is 198 Å². The molecule has 0 saturated heterocycles. The van der Waals surface area contributed by atoms with Crippen LogP contribution in [0.25, 0.3) is 0 Å². The monoisotopic (exact) mass is 622 g/mol. The van der Waals surface area contributed by atoms with E-state index in [1.807, 2.05) is 0 Å². The second kappa shape index (κ2) is 35.5. The van der Waals surface area contributed by atoms with Crippen LogP contribution in [0, 0.1) is 0 Å². The van der Waals surface area contributed by atoms with Gasteiger partial charge in [-0.1, -0.05) is 197 Å². The zero-order valence-corrected chi connectivity index (χ0v) is 30.7. The number of hydrogen-bond donors (Lipinski definition) is 1. The smallest absolute Gasteiger partial charge is 0.0208 e. The van der Waals surface area contributed by atoms with Gasteiger partial charge in [0.15, 0.2) is 0 Å². The van der Waals surface area contributed by atoms with E-state index in [2.05, 4.69) is 73.8 Å². The Morgan fingerprint density at radius 2 is 0.756 bits per heavy atom. The Labute approximate surface area is 283 Å². The Kier molecular flexibility index (Phi) is 32.9. The molecule has 0 radical (unpaired) electrons. The summed E-state index contributed by atoms with van der Waals surface area (Å²) in [7, 11) is 0. The van der Waals surface area contributed by atoms with Crippen LogP contribution in [0.5, 0.6) is 0 Å². The Morgan fingerprint density at radius 1 is 0.422 bits per heavy atom. The van der Waals surface area contributed by atoms with Crippen LogP contribution in [0.4, 0.5) is 0 Å². The zero-order chi connectivity index (χ0) is 32.1. The molecule has 1 aromatic rings. The van der Waals surface area contributed by atoms with Gasteiger partial charge in [0.25, 0.3) is 0 Å². The van der Waals surface area contributed by atoms with Gasteiger partial charge >= 0.3 is 0 Å². The minimum atomic E-state index is 0.679. The summed E-state index contributed by atoms with van der Waals surface area (Å²) in [6, 6.07) is 11.7. The number of allylic oxidation sites excluding steroid dienone is 4. The van der Waals surface area contributed by atoms with E-state index in [0.717, 1.165) is 6.54 Å². The van der Waals surface area contributed by atoms with Gasteiger partial charge in [0, 0.05) is 12.6 Å². The van der Waals surface area contributed by atoms with Crippen molar-refractivity contribution in [1.29, 1.82) is 0 Å². The first kappa shape index (κ1) is 41.7. The van der Waals surface area contributed by atoms with E-state index in [4.69, 9.17) is 0 Å². The maximum Gasteiger partial charge on any atom is 0.0208 e. The van der Waals surface area contributed by atoms with Crippen LogP contribution in [0.1, 0.15) is 212 Å². The van der Waals surface area contributed by atoms with Crippen molar-refractivity contribution in [1.82, 2.24) is 5.32 Å². The van der Waals surface area contributed by atoms with Crippen LogP contribution in [0.2, 0.25) is 0 Å². The fraction of sp³-hybridized carbons (Fsp3) is 0.773. The minimum Gasteiger partial charge on any atom is -0.310 e. The molecule has 0 saturated carbocycles. The summed E-state index contributed by atoms with van der Waals surface area (Å²) in [6.07, 6.45) is 51.4. The molecule has 0 fully saturated rings. The first-order valence-corrected chi connectivity index (χ1v) is 20.4. The average Bonchev–Trinajstić information content (AvgIpc) is 3.06. The lowest BCUT2D eigenvalue weighted by Crippen LogP contribution is -2.28. The fourth-order valence-electron chi connectivity index (χ4n) is 6.48. The summed E-state index contributed by atoms with van der Waals surface area (Å²) in [5.74, 6) is 0. The highest BCUT2D eigenvalue weighted by Crippen LogP contribution is 2.16. The number of rotatable bonds is 35. The van der Waals surface area contributed by atoms with Gasteiger partial charge in [0.05, 0.1) is 0 Å². The van der Waals surface area contributed by atoms with Gasteiger partial charge in [-0.05, 0) is 69.8 Å². The molecule has 45 heavy (non-hydrogen) atoms. The third-order valence-corrected chi connectivity index (χ3v) is 9.57. The second-order valence-electron chi connectivity index (χ2n) is 14.0. The number of nitrogens with one attached hydrogen (secondary N) is 1. The van der Waals surface area contributed by atoms with Crippen LogP contribution in [-0.2, 0) is 6.54 Å². The normalized spacial score (nSPS) is 12.6. The molecule has 0 aliphatic heterocycles. The van der Waals surface area contributed by atoms with Crippen molar-refractivity contribution in [3.8, 4) is 0 Å². The van der Waals surface area contributed by atoms with Crippen molar-refractivity contribution in [2.24, 2.45) is 0 Å². The van der Waals surface area contributed by atoms with Crippen molar-refractivity contribution < 1.29 is 0 Å². The molecule has 1 rings (SSSR count). The summed E-state index contributed by atoms with van der Waals surface area (Å²) in [5.41, 5.74) is 1.42. The molecule has 0 amide bonds. The molecule has 0 spiro atoms. The van der Waals surface area contributed by atoms with E-state index in [1.54, 1.807) is 0 Å². The summed E-state index contributed by atoms with van der Waals surface area (Å²) in [4.78, 5) is 0. The number of benzene rings is 1. The summed E-state index contributed by atoms with van der Waals surface area (Å²) in [5, 5.41) is 3.93. The minimum absolute atomic E-state index is 0.679. The van der Waals surface area contributed by atoms with Crippen LogP contribution in [-0.4, -0.2) is 6.04 Å². The standard InChI is InChI=1S/C44H79N/c1-3-5-7-9-11-13-15-17-19-21-23-25-27-29-31-36-40-44(45-42-43-38-34-33-35-39-43)41-37-32-30-28-26-24-22-20-18-16-14-12-10-8-6-4-2/h17-20,33-35,38-39,44-45H,3-16,21-32,36-37,40-42H2,1-2H3. The molecule has 0 bridgehead atoms. The van der Waals surface area contributed by atoms with Gasteiger partial charge in [0.2, 0.25) is 0 Å². The largest absolute Gasteiger partial charge is 0.310 e. The predicted octanol–water partition coefficient (Wildman–Crippen LogP) is 15.0. The Morgan fingerprint density at radius 3 is 1.13 bits per heavy atom. The van der Waals surface area contributed by atoms with Crippen molar-refractivity contribution >= 4 is 0 Å². The Balaban J connectivity index is 2.05. The highest BCUT2D eigenvalue weighted by molar-refractivity contribution is 5.14. The Bertz CT molecular complexity index is 693. The van der Waals surface area contributed by atoms with Crippen molar-refractivity contribution in [3.05, 3.63) is 60.2 Å². The van der Waals surface area contributed by atoms with Gasteiger partial charge in [-0.25, -0.2) is 0 Å². The van der Waals surface area contributed by atoms with Crippen LogP contribution >= 0.6 is 0 Å². The molecule has 0 aromatic heterocycles. The molecule has 1 N–H and O–H groups in total. The summed E-state index contributed by atoms with van der Waals surface area (Å²) >= 11 is 0. The number of hydrogen-bond acceptors (Lipinski definition) is 1. The molecule has 1 aromatic carbocycles. The second-order valence-corrected chi connectivity index (χ2v) is 14.0. The van der Waals surface area contributed by atoms with E-state index in [0.29, 0.717) is 6.04 Å². The molecular weight excluding hydrogens is 542 g/mol. The topological polar surface area (TPSA) is 12.0 Å². The van der Waals surface area contributed by atoms with Crippen molar-refractivity contribution in [3.63, 3.8) is 0 Å². The predicted molar refractivity (Wildman–Crippen MR) is 205 cm³/mol. The first-order valence-electron chi connectivity index (χ1n) is 20.4. The molecule has 0 heterocycles. The van der Waals surface area contributed by atoms with E-state index < -0.39 is 0 Å². The molecule has 0 unspecified atom stereocenters. The fourth-order valence-corrected chi connectivity index (χ4v) is 6.48. The van der Waals surface area contributed by atoms with Gasteiger partial charge in [-0.3, -0.25) is 0 Å². The highest BCUT2D eigenvalue weighted by Gasteiger charge is 2.08. The lowest BCUT2D eigenvalue weighted by Gasteiger charge is -2.19. The molecular formula is C44H79N. The molecule has 0 atom stereocenters. The van der Waals surface area contributed by atoms with Gasteiger partial charge < -0.3 is 5.32 Å². The summed E-state index contributed by atoms with van der Waals surface area (Å²) in [6.45, 7) is 5.61. The molecule has 260 valence electrons. The lowest BCUT2D eigenvalue weighted by atomic mass is 9.99. The van der Waals surface area contributed by atoms with Crippen molar-refractivity contribution in [2.45, 2.75) is 219 Å². The molecule has 1 nitrogen and oxygen atoms in total. The van der Waals surface area contributed by atoms with Crippen LogP contribution in [0.15, 0.2) is 54.6 Å². The number of unbranched alkanes of at least 4 members (excludes halogenated alkanes) is 24. The van der Waals surface area contributed by atoms with E-state index >= 15 is 0 Å². The third-order valence-electron chi connectivity index (χ3n) is 9.57. The first-order chi connectivity index (χ1) is 22.4. The van der Waals surface area contributed by atoms with Gasteiger partial charge in [-0.2, -0.15) is 0 Å². The quantitative estimate of drug-likeness (QED) is 0.0587. The van der Waals surface area contributed by atoms with E-state index in [-0.39, 0.29) is 0 Å². The summed E-state index contributed by atoms with van der Waals surface area (Å²) < 4.78 is 0.